The summed E-state index contributed by atoms with van der Waals surface area (Å²) >= 11 is 3.43. The highest BCUT2D eigenvalue weighted by Crippen LogP contribution is 2.42. The summed E-state index contributed by atoms with van der Waals surface area (Å²) in [6, 6.07) is 16.7. The third kappa shape index (κ3) is 4.91. The molecule has 0 heterocycles. The number of ether oxygens (including phenoxy) is 1. The van der Waals surface area contributed by atoms with E-state index in [0.717, 1.165) is 43.0 Å². The van der Waals surface area contributed by atoms with Gasteiger partial charge in [0.05, 0.1) is 5.56 Å². The molecule has 0 bridgehead atoms. The zero-order valence-corrected chi connectivity index (χ0v) is 17.4. The summed E-state index contributed by atoms with van der Waals surface area (Å²) in [6.45, 7) is 2.15. The zero-order chi connectivity index (χ0) is 19.2. The van der Waals surface area contributed by atoms with Crippen molar-refractivity contribution < 1.29 is 4.74 Å². The number of rotatable bonds is 8. The predicted octanol–water partition coefficient (Wildman–Crippen LogP) is 5.91. The van der Waals surface area contributed by atoms with E-state index >= 15 is 0 Å². The molecule has 2 aromatic carbocycles. The molecule has 3 atom stereocenters. The summed E-state index contributed by atoms with van der Waals surface area (Å²) in [5.74, 6) is 1.11. The molecule has 1 aliphatic rings. The van der Waals surface area contributed by atoms with Crippen molar-refractivity contribution in [3.63, 3.8) is 0 Å². The Balaban J connectivity index is 1.74. The van der Waals surface area contributed by atoms with Crippen molar-refractivity contribution in [1.82, 2.24) is 0 Å². The molecule has 142 valence electrons. The lowest BCUT2D eigenvalue weighted by Crippen LogP contribution is -2.18. The smallest absolute Gasteiger partial charge is 0.138 e. The minimum absolute atomic E-state index is 0.00863. The van der Waals surface area contributed by atoms with Gasteiger partial charge in [-0.1, -0.05) is 60.0 Å². The minimum Gasteiger partial charge on any atom is -0.484 e. The molecule has 0 saturated heterocycles. The van der Waals surface area contributed by atoms with E-state index in [9.17, 15) is 5.26 Å². The molecule has 0 spiro atoms. The van der Waals surface area contributed by atoms with Gasteiger partial charge in [0.2, 0.25) is 0 Å². The molecule has 1 aliphatic carbocycles. The van der Waals surface area contributed by atoms with Crippen LogP contribution >= 0.6 is 15.9 Å². The summed E-state index contributed by atoms with van der Waals surface area (Å²) in [6.07, 6.45) is 6.63. The van der Waals surface area contributed by atoms with Crippen LogP contribution in [-0.2, 0) is 6.42 Å². The van der Waals surface area contributed by atoms with Crippen molar-refractivity contribution in [2.24, 2.45) is 11.7 Å². The van der Waals surface area contributed by atoms with Crippen LogP contribution in [-0.4, -0.2) is 6.04 Å². The zero-order valence-electron chi connectivity index (χ0n) is 15.8. The quantitative estimate of drug-likeness (QED) is 0.533. The molecule has 2 N–H and O–H groups in total. The van der Waals surface area contributed by atoms with E-state index in [1.165, 1.54) is 11.1 Å². The maximum atomic E-state index is 9.46. The van der Waals surface area contributed by atoms with Crippen molar-refractivity contribution in [3.8, 4) is 11.8 Å². The van der Waals surface area contributed by atoms with E-state index in [4.69, 9.17) is 10.5 Å². The first-order valence-corrected chi connectivity index (χ1v) is 10.6. The molecule has 3 nitrogen and oxygen atoms in total. The second-order valence-electron chi connectivity index (χ2n) is 7.41. The van der Waals surface area contributed by atoms with E-state index in [1.807, 2.05) is 18.2 Å². The number of nitrogens with zero attached hydrogens (tertiary/aromatic N) is 1. The Morgan fingerprint density at radius 3 is 2.85 bits per heavy atom. The molecule has 0 radical (unpaired) electrons. The molecule has 0 saturated carbocycles. The number of benzene rings is 2. The van der Waals surface area contributed by atoms with Gasteiger partial charge >= 0.3 is 0 Å². The fourth-order valence-corrected chi connectivity index (χ4v) is 4.26. The van der Waals surface area contributed by atoms with Crippen LogP contribution in [0.1, 0.15) is 61.8 Å². The van der Waals surface area contributed by atoms with Gasteiger partial charge < -0.3 is 10.5 Å². The number of hydrogen-bond donors (Lipinski definition) is 1. The molecular weight excluding hydrogens is 400 g/mol. The van der Waals surface area contributed by atoms with Crippen molar-refractivity contribution in [2.75, 3.05) is 0 Å². The van der Waals surface area contributed by atoms with Gasteiger partial charge in [-0.2, -0.15) is 5.26 Å². The maximum absolute atomic E-state index is 9.46. The first-order chi connectivity index (χ1) is 13.1. The van der Waals surface area contributed by atoms with Crippen molar-refractivity contribution >= 4 is 15.9 Å². The van der Waals surface area contributed by atoms with Gasteiger partial charge in [-0.25, -0.2) is 0 Å². The lowest BCUT2D eigenvalue weighted by molar-refractivity contribution is 0.141. The molecule has 0 amide bonds. The lowest BCUT2D eigenvalue weighted by Gasteiger charge is -2.23. The number of unbranched alkanes of at least 4 members (excludes halogenated alkanes) is 1. The molecule has 3 unspecified atom stereocenters. The van der Waals surface area contributed by atoms with Gasteiger partial charge in [0.1, 0.15) is 17.9 Å². The Kier molecular flexibility index (Phi) is 6.93. The van der Waals surface area contributed by atoms with E-state index in [0.29, 0.717) is 23.3 Å². The van der Waals surface area contributed by atoms with Crippen LogP contribution in [0.4, 0.5) is 0 Å². The first-order valence-electron chi connectivity index (χ1n) is 9.82. The van der Waals surface area contributed by atoms with Crippen molar-refractivity contribution in [1.29, 1.82) is 5.26 Å². The average molecular weight is 427 g/mol. The molecule has 4 heteroatoms. The van der Waals surface area contributed by atoms with Crippen LogP contribution in [0.15, 0.2) is 46.9 Å². The van der Waals surface area contributed by atoms with Gasteiger partial charge in [0.15, 0.2) is 0 Å². The second-order valence-corrected chi connectivity index (χ2v) is 8.32. The Morgan fingerprint density at radius 2 is 2.07 bits per heavy atom. The molecule has 27 heavy (non-hydrogen) atoms. The number of halogens is 1. The SMILES string of the molecule is CCC(N)CCCCC1Cc2ccccc2C1Oc1ccc(Br)cc1C#N. The maximum Gasteiger partial charge on any atom is 0.138 e. The molecule has 3 rings (SSSR count). The summed E-state index contributed by atoms with van der Waals surface area (Å²) in [4.78, 5) is 0. The molecular formula is C23H27BrN2O. The normalized spacial score (nSPS) is 19.3. The standard InChI is InChI=1S/C23H27BrN2O/c1-2-20(26)9-5-3-8-17-13-16-7-4-6-10-21(16)23(17)27-22-12-11-19(24)14-18(22)15-25/h4,6-7,10-12,14,17,20,23H,2-3,5,8-9,13,26H2,1H3. The summed E-state index contributed by atoms with van der Waals surface area (Å²) in [5, 5.41) is 9.46. The number of nitrogens with two attached hydrogens (primary N) is 1. The van der Waals surface area contributed by atoms with Crippen LogP contribution in [0.2, 0.25) is 0 Å². The Hall–Kier alpha value is -1.83. The van der Waals surface area contributed by atoms with Crippen LogP contribution in [0, 0.1) is 17.2 Å². The van der Waals surface area contributed by atoms with E-state index in [2.05, 4.69) is 53.2 Å². The van der Waals surface area contributed by atoms with Crippen LogP contribution < -0.4 is 10.5 Å². The predicted molar refractivity (Wildman–Crippen MR) is 113 cm³/mol. The second kappa shape index (κ2) is 9.39. The van der Waals surface area contributed by atoms with Crippen molar-refractivity contribution in [3.05, 3.63) is 63.6 Å². The fraction of sp³-hybridized carbons (Fsp3) is 0.435. The van der Waals surface area contributed by atoms with Gasteiger partial charge in [-0.3, -0.25) is 0 Å². The van der Waals surface area contributed by atoms with E-state index in [1.54, 1.807) is 0 Å². The third-order valence-electron chi connectivity index (χ3n) is 5.51. The number of nitriles is 1. The largest absolute Gasteiger partial charge is 0.484 e. The third-order valence-corrected chi connectivity index (χ3v) is 6.01. The Bertz CT molecular complexity index is 814. The summed E-state index contributed by atoms with van der Waals surface area (Å²) in [7, 11) is 0. The molecule has 0 aromatic heterocycles. The fourth-order valence-electron chi connectivity index (χ4n) is 3.90. The summed E-state index contributed by atoms with van der Waals surface area (Å²) in [5.41, 5.74) is 9.25. The lowest BCUT2D eigenvalue weighted by atomic mass is 9.95. The highest BCUT2D eigenvalue weighted by molar-refractivity contribution is 9.10. The molecule has 2 aromatic rings. The summed E-state index contributed by atoms with van der Waals surface area (Å²) < 4.78 is 7.31. The van der Waals surface area contributed by atoms with Gasteiger partial charge in [-0.05, 0) is 55.0 Å². The Morgan fingerprint density at radius 1 is 1.26 bits per heavy atom. The van der Waals surface area contributed by atoms with Crippen LogP contribution in [0.3, 0.4) is 0 Å². The first kappa shape index (κ1) is 19.9. The minimum atomic E-state index is 0.00863. The van der Waals surface area contributed by atoms with Gasteiger partial charge in [-0.15, -0.1) is 0 Å². The van der Waals surface area contributed by atoms with Crippen LogP contribution in [0.5, 0.6) is 5.75 Å². The highest BCUT2D eigenvalue weighted by Gasteiger charge is 2.34. The average Bonchev–Trinajstić information content (AvgIpc) is 3.03. The highest BCUT2D eigenvalue weighted by atomic mass is 79.9. The van der Waals surface area contributed by atoms with E-state index in [-0.39, 0.29) is 6.10 Å². The number of fused-ring (bicyclic) bond motifs is 1. The van der Waals surface area contributed by atoms with E-state index < -0.39 is 0 Å². The van der Waals surface area contributed by atoms with Gasteiger partial charge in [0, 0.05) is 16.4 Å². The van der Waals surface area contributed by atoms with Crippen LogP contribution in [0.25, 0.3) is 0 Å². The topological polar surface area (TPSA) is 59.0 Å². The monoisotopic (exact) mass is 426 g/mol. The van der Waals surface area contributed by atoms with Gasteiger partial charge in [0.25, 0.3) is 0 Å². The Labute approximate surface area is 170 Å². The van der Waals surface area contributed by atoms with Crippen molar-refractivity contribution in [2.45, 2.75) is 57.6 Å². The molecule has 0 aliphatic heterocycles. The molecule has 0 fully saturated rings. The number of hydrogen-bond acceptors (Lipinski definition) is 3.